The number of methoxy groups -OCH3 is 1. The van der Waals surface area contributed by atoms with E-state index in [4.69, 9.17) is 4.74 Å². The lowest BCUT2D eigenvalue weighted by molar-refractivity contribution is -0.134. The monoisotopic (exact) mass is 449 g/mol. The Bertz CT molecular complexity index is 1050. The average Bonchev–Trinajstić information content (AvgIpc) is 3.33. The number of aromatic nitrogens is 1. The molecule has 166 valence electrons. The minimum absolute atomic E-state index is 0.107. The first-order chi connectivity index (χ1) is 15.6. The second kappa shape index (κ2) is 9.96. The van der Waals surface area contributed by atoms with Crippen molar-refractivity contribution in [3.8, 4) is 16.3 Å². The first-order valence-electron chi connectivity index (χ1n) is 10.8. The lowest BCUT2D eigenvalue weighted by Gasteiger charge is -2.23. The highest BCUT2D eigenvalue weighted by Crippen LogP contribution is 2.26. The van der Waals surface area contributed by atoms with Gasteiger partial charge in [0.15, 0.2) is 0 Å². The van der Waals surface area contributed by atoms with Crippen LogP contribution in [0.1, 0.15) is 22.8 Å². The van der Waals surface area contributed by atoms with Crippen LogP contribution in [-0.4, -0.2) is 59.9 Å². The van der Waals surface area contributed by atoms with Crippen molar-refractivity contribution in [1.29, 1.82) is 0 Å². The maximum absolute atomic E-state index is 13.2. The highest BCUT2D eigenvalue weighted by Gasteiger charge is 2.32. The molecule has 0 spiro atoms. The molecule has 0 bridgehead atoms. The standard InChI is InChI=1S/C25H27N3O3S/c1-3-27-12-13-28(24(29)20-10-11-23(31-2)26-16-20)17-21(25(27)30)15-18-6-8-19(9-7-18)22-5-4-14-32-22/h4-11,14,16,21H,3,12-13,15,17H2,1-2H3. The molecule has 1 aliphatic heterocycles. The molecule has 0 radical (unpaired) electrons. The van der Waals surface area contributed by atoms with Gasteiger partial charge in [-0.1, -0.05) is 30.3 Å². The van der Waals surface area contributed by atoms with E-state index >= 15 is 0 Å². The van der Waals surface area contributed by atoms with Crippen LogP contribution in [0.5, 0.6) is 5.88 Å². The Balaban J connectivity index is 1.52. The van der Waals surface area contributed by atoms with E-state index < -0.39 is 0 Å². The number of likely N-dealkylation sites (N-methyl/N-ethyl adjacent to an activating group) is 1. The van der Waals surface area contributed by atoms with Crippen LogP contribution in [0.15, 0.2) is 60.1 Å². The highest BCUT2D eigenvalue weighted by molar-refractivity contribution is 7.13. The van der Waals surface area contributed by atoms with E-state index in [0.717, 1.165) is 5.56 Å². The van der Waals surface area contributed by atoms with Crippen LogP contribution in [0.3, 0.4) is 0 Å². The average molecular weight is 450 g/mol. The molecule has 0 saturated carbocycles. The molecule has 1 atom stereocenters. The summed E-state index contributed by atoms with van der Waals surface area (Å²) < 4.78 is 5.09. The van der Waals surface area contributed by atoms with Crippen molar-refractivity contribution in [3.05, 3.63) is 71.2 Å². The summed E-state index contributed by atoms with van der Waals surface area (Å²) in [5.74, 6) is 0.191. The summed E-state index contributed by atoms with van der Waals surface area (Å²) in [6.07, 6.45) is 2.13. The number of rotatable bonds is 6. The Labute approximate surface area is 192 Å². The van der Waals surface area contributed by atoms with Gasteiger partial charge in [-0.05, 0) is 42.0 Å². The number of pyridine rings is 1. The van der Waals surface area contributed by atoms with Crippen molar-refractivity contribution in [2.24, 2.45) is 5.92 Å². The molecule has 1 aromatic carbocycles. The third kappa shape index (κ3) is 4.83. The third-order valence-corrected chi connectivity index (χ3v) is 6.76. The van der Waals surface area contributed by atoms with Crippen molar-refractivity contribution in [1.82, 2.24) is 14.8 Å². The molecule has 3 heterocycles. The molecule has 1 unspecified atom stereocenters. The first kappa shape index (κ1) is 22.0. The van der Waals surface area contributed by atoms with Crippen LogP contribution >= 0.6 is 11.3 Å². The van der Waals surface area contributed by atoms with E-state index in [9.17, 15) is 9.59 Å². The Morgan fingerprint density at radius 2 is 1.97 bits per heavy atom. The number of ether oxygens (including phenoxy) is 1. The summed E-state index contributed by atoms with van der Waals surface area (Å²) in [5, 5.41) is 2.07. The van der Waals surface area contributed by atoms with E-state index in [2.05, 4.69) is 40.7 Å². The van der Waals surface area contributed by atoms with Gasteiger partial charge in [0, 0.05) is 43.3 Å². The fourth-order valence-corrected chi connectivity index (χ4v) is 4.77. The molecule has 2 aromatic heterocycles. The SMILES string of the molecule is CCN1CCN(C(=O)c2ccc(OC)nc2)CC(Cc2ccc(-c3cccs3)cc2)C1=O. The zero-order valence-corrected chi connectivity index (χ0v) is 19.2. The summed E-state index contributed by atoms with van der Waals surface area (Å²) in [5.41, 5.74) is 2.78. The van der Waals surface area contributed by atoms with Gasteiger partial charge < -0.3 is 14.5 Å². The van der Waals surface area contributed by atoms with Gasteiger partial charge in [0.05, 0.1) is 18.6 Å². The molecule has 0 aliphatic carbocycles. The van der Waals surface area contributed by atoms with Gasteiger partial charge in [0.2, 0.25) is 11.8 Å². The summed E-state index contributed by atoms with van der Waals surface area (Å²) in [7, 11) is 1.54. The van der Waals surface area contributed by atoms with Gasteiger partial charge in [-0.25, -0.2) is 4.98 Å². The molecule has 4 rings (SSSR count). The summed E-state index contributed by atoms with van der Waals surface area (Å²) in [6.45, 7) is 4.07. The first-order valence-corrected chi connectivity index (χ1v) is 11.7. The smallest absolute Gasteiger partial charge is 0.255 e. The largest absolute Gasteiger partial charge is 0.481 e. The van der Waals surface area contributed by atoms with E-state index in [1.54, 1.807) is 35.5 Å². The molecular weight excluding hydrogens is 422 g/mol. The number of thiophene rings is 1. The van der Waals surface area contributed by atoms with Crippen LogP contribution in [0.4, 0.5) is 0 Å². The minimum atomic E-state index is -0.278. The quantitative estimate of drug-likeness (QED) is 0.571. The van der Waals surface area contributed by atoms with E-state index in [1.807, 2.05) is 17.9 Å². The maximum Gasteiger partial charge on any atom is 0.255 e. The maximum atomic E-state index is 13.2. The van der Waals surface area contributed by atoms with Gasteiger partial charge in [-0.15, -0.1) is 11.3 Å². The van der Waals surface area contributed by atoms with Gasteiger partial charge >= 0.3 is 0 Å². The number of amides is 2. The number of nitrogens with zero attached hydrogens (tertiary/aromatic N) is 3. The van der Waals surface area contributed by atoms with Crippen molar-refractivity contribution in [2.75, 3.05) is 33.3 Å². The van der Waals surface area contributed by atoms with Crippen molar-refractivity contribution in [2.45, 2.75) is 13.3 Å². The topological polar surface area (TPSA) is 62.7 Å². The van der Waals surface area contributed by atoms with Gasteiger partial charge in [0.25, 0.3) is 5.91 Å². The molecule has 1 fully saturated rings. The van der Waals surface area contributed by atoms with Crippen LogP contribution in [0, 0.1) is 5.92 Å². The Morgan fingerprint density at radius 1 is 1.16 bits per heavy atom. The minimum Gasteiger partial charge on any atom is -0.481 e. The second-order valence-electron chi connectivity index (χ2n) is 7.83. The van der Waals surface area contributed by atoms with Crippen molar-refractivity contribution in [3.63, 3.8) is 0 Å². The van der Waals surface area contributed by atoms with E-state index in [-0.39, 0.29) is 17.7 Å². The number of carbonyl (C=O) groups excluding carboxylic acids is 2. The number of benzene rings is 1. The predicted octanol–water partition coefficient (Wildman–Crippen LogP) is 3.98. The molecule has 7 heteroatoms. The molecule has 1 saturated heterocycles. The van der Waals surface area contributed by atoms with Crippen LogP contribution in [-0.2, 0) is 11.2 Å². The molecule has 6 nitrogen and oxygen atoms in total. The number of hydrogen-bond acceptors (Lipinski definition) is 5. The number of hydrogen-bond donors (Lipinski definition) is 0. The summed E-state index contributed by atoms with van der Waals surface area (Å²) in [4.78, 5) is 35.3. The molecule has 0 N–H and O–H groups in total. The third-order valence-electron chi connectivity index (χ3n) is 5.84. The van der Waals surface area contributed by atoms with Gasteiger partial charge in [-0.3, -0.25) is 9.59 Å². The zero-order valence-electron chi connectivity index (χ0n) is 18.4. The fraction of sp³-hybridized carbons (Fsp3) is 0.320. The van der Waals surface area contributed by atoms with E-state index in [1.165, 1.54) is 16.6 Å². The Morgan fingerprint density at radius 3 is 2.59 bits per heavy atom. The molecule has 2 amide bonds. The number of carbonyl (C=O) groups is 2. The molecule has 32 heavy (non-hydrogen) atoms. The molecule has 3 aromatic rings. The lowest BCUT2D eigenvalue weighted by atomic mass is 9.96. The van der Waals surface area contributed by atoms with Crippen molar-refractivity contribution >= 4 is 23.2 Å². The zero-order chi connectivity index (χ0) is 22.5. The Kier molecular flexibility index (Phi) is 6.85. The molecule has 1 aliphatic rings. The fourth-order valence-electron chi connectivity index (χ4n) is 4.04. The van der Waals surface area contributed by atoms with Gasteiger partial charge in [-0.2, -0.15) is 0 Å². The van der Waals surface area contributed by atoms with Crippen LogP contribution in [0.25, 0.3) is 10.4 Å². The Hall–Kier alpha value is -3.19. The van der Waals surface area contributed by atoms with E-state index in [0.29, 0.717) is 44.0 Å². The van der Waals surface area contributed by atoms with Crippen LogP contribution in [0.2, 0.25) is 0 Å². The highest BCUT2D eigenvalue weighted by atomic mass is 32.1. The second-order valence-corrected chi connectivity index (χ2v) is 8.78. The normalized spacial score (nSPS) is 16.7. The van der Waals surface area contributed by atoms with Crippen LogP contribution < -0.4 is 4.74 Å². The lowest BCUT2D eigenvalue weighted by Crippen LogP contribution is -2.37. The van der Waals surface area contributed by atoms with Gasteiger partial charge in [0.1, 0.15) is 0 Å². The summed E-state index contributed by atoms with van der Waals surface area (Å²) >= 11 is 1.71. The summed E-state index contributed by atoms with van der Waals surface area (Å²) in [6, 6.07) is 15.9. The molecular formula is C25H27N3O3S. The predicted molar refractivity (Wildman–Crippen MR) is 126 cm³/mol. The van der Waals surface area contributed by atoms with Crippen molar-refractivity contribution < 1.29 is 14.3 Å².